The van der Waals surface area contributed by atoms with Gasteiger partial charge in [-0.15, -0.1) is 11.3 Å². The van der Waals surface area contributed by atoms with Crippen LogP contribution in [-0.4, -0.2) is 46.7 Å². The minimum absolute atomic E-state index is 0.211. The minimum Gasteiger partial charge on any atom is -0.384 e. The quantitative estimate of drug-likeness (QED) is 0.522. The van der Waals surface area contributed by atoms with Crippen molar-refractivity contribution < 1.29 is 22.8 Å². The molecule has 0 saturated carbocycles. The number of nitrogens with one attached hydrogen (secondary N) is 1. The summed E-state index contributed by atoms with van der Waals surface area (Å²) in [5.41, 5.74) is 0.247. The fraction of sp³-hybridized carbons (Fsp3) is 0.450. The van der Waals surface area contributed by atoms with E-state index >= 15 is 0 Å². The van der Waals surface area contributed by atoms with E-state index in [2.05, 4.69) is 10.3 Å². The molecule has 3 rings (SSSR count). The lowest BCUT2D eigenvalue weighted by Gasteiger charge is -2.34. The number of rotatable bonds is 7. The summed E-state index contributed by atoms with van der Waals surface area (Å²) in [5.74, 6) is -0.661. The number of nitrogens with zero attached hydrogens (tertiary/aromatic N) is 3. The Hall–Kier alpha value is -2.46. The van der Waals surface area contributed by atoms with Gasteiger partial charge in [-0.25, -0.2) is 0 Å². The van der Waals surface area contributed by atoms with Crippen LogP contribution < -0.4 is 10.2 Å². The lowest BCUT2D eigenvalue weighted by Crippen LogP contribution is -2.51. The smallest absolute Gasteiger partial charge is 0.384 e. The normalized spacial score (nSPS) is 19.1. The van der Waals surface area contributed by atoms with Gasteiger partial charge < -0.3 is 10.2 Å². The van der Waals surface area contributed by atoms with Crippen molar-refractivity contribution in [2.24, 2.45) is 0 Å². The second kappa shape index (κ2) is 8.35. The fourth-order valence-electron chi connectivity index (χ4n) is 3.76. The summed E-state index contributed by atoms with van der Waals surface area (Å²) in [5, 5.41) is 4.57. The number of ketones is 1. The van der Waals surface area contributed by atoms with Crippen LogP contribution in [0.4, 0.5) is 23.9 Å². The number of aldehydes is 1. The highest BCUT2D eigenvalue weighted by atomic mass is 32.1. The molecule has 3 heterocycles. The second-order valence-electron chi connectivity index (χ2n) is 7.62. The van der Waals surface area contributed by atoms with Crippen LogP contribution in [0, 0.1) is 0 Å². The highest BCUT2D eigenvalue weighted by molar-refractivity contribution is 7.14. The molecule has 0 spiro atoms. The Labute approximate surface area is 176 Å². The number of carbonyl (C=O) groups is 2. The topological polar surface area (TPSA) is 65.5 Å². The molecule has 0 amide bonds. The number of pyridine rings is 1. The number of hydrogen-bond acceptors (Lipinski definition) is 7. The molecule has 0 bridgehead atoms. The van der Waals surface area contributed by atoms with Gasteiger partial charge in [0.05, 0.1) is 29.1 Å². The van der Waals surface area contributed by atoms with Gasteiger partial charge in [-0.05, 0) is 38.5 Å². The highest BCUT2D eigenvalue weighted by Gasteiger charge is 2.50. The van der Waals surface area contributed by atoms with E-state index in [0.29, 0.717) is 18.1 Å². The molecular formula is C20H23F3N4O2S. The zero-order valence-corrected chi connectivity index (χ0v) is 17.7. The molecule has 1 unspecified atom stereocenters. The SMILES string of the molecule is CCNc1cnccc1CN1CN(c2cc(C(F)(F)F)cs2)C(C(=O)C=O)C1(C)C. The summed E-state index contributed by atoms with van der Waals surface area (Å²) >= 11 is 0.914. The van der Waals surface area contributed by atoms with Gasteiger partial charge in [0.2, 0.25) is 5.78 Å². The van der Waals surface area contributed by atoms with Crippen LogP contribution in [0.15, 0.2) is 29.9 Å². The van der Waals surface area contributed by atoms with E-state index in [1.165, 1.54) is 0 Å². The lowest BCUT2D eigenvalue weighted by molar-refractivity contribution is -0.137. The lowest BCUT2D eigenvalue weighted by atomic mass is 9.91. The van der Waals surface area contributed by atoms with Crippen molar-refractivity contribution in [2.45, 2.75) is 45.1 Å². The largest absolute Gasteiger partial charge is 0.417 e. The first-order valence-corrected chi connectivity index (χ1v) is 10.3. The Morgan fingerprint density at radius 2 is 2.17 bits per heavy atom. The Morgan fingerprint density at radius 3 is 2.77 bits per heavy atom. The van der Waals surface area contributed by atoms with Crippen molar-refractivity contribution in [2.75, 3.05) is 23.4 Å². The maximum Gasteiger partial charge on any atom is 0.417 e. The number of thiophene rings is 1. The van der Waals surface area contributed by atoms with Crippen LogP contribution >= 0.6 is 11.3 Å². The van der Waals surface area contributed by atoms with Crippen LogP contribution in [0.25, 0.3) is 0 Å². The summed E-state index contributed by atoms with van der Waals surface area (Å²) in [7, 11) is 0. The first-order chi connectivity index (χ1) is 14.1. The van der Waals surface area contributed by atoms with Crippen molar-refractivity contribution >= 4 is 34.1 Å². The second-order valence-corrected chi connectivity index (χ2v) is 8.51. The summed E-state index contributed by atoms with van der Waals surface area (Å²) < 4.78 is 39.3. The molecule has 0 radical (unpaired) electrons. The zero-order chi connectivity index (χ0) is 22.1. The van der Waals surface area contributed by atoms with Crippen LogP contribution in [0.1, 0.15) is 31.9 Å². The molecule has 6 nitrogen and oxygen atoms in total. The molecule has 2 aromatic heterocycles. The monoisotopic (exact) mass is 440 g/mol. The standard InChI is InChI=1S/C20H23F3N4O2S/c1-4-25-15-8-24-6-5-13(15)9-26-12-27(18(16(29)10-28)19(26,2)3)17-7-14(11-30-17)20(21,22)23/h5-8,10-11,18,25H,4,9,12H2,1-3H3. The molecule has 1 fully saturated rings. The average molecular weight is 440 g/mol. The van der Waals surface area contributed by atoms with Gasteiger partial charge in [0.25, 0.3) is 0 Å². The molecule has 30 heavy (non-hydrogen) atoms. The summed E-state index contributed by atoms with van der Waals surface area (Å²) in [6.07, 6.45) is -0.841. The van der Waals surface area contributed by atoms with E-state index in [9.17, 15) is 22.8 Å². The molecule has 2 aromatic rings. The molecule has 0 aromatic carbocycles. The number of aromatic nitrogens is 1. The van der Waals surface area contributed by atoms with E-state index < -0.39 is 29.1 Å². The summed E-state index contributed by atoms with van der Waals surface area (Å²) in [4.78, 5) is 31.5. The molecule has 1 aliphatic heterocycles. The van der Waals surface area contributed by atoms with Crippen LogP contribution in [0.5, 0.6) is 0 Å². The third-order valence-corrected chi connectivity index (χ3v) is 6.31. The Balaban J connectivity index is 1.96. The van der Waals surface area contributed by atoms with Crippen molar-refractivity contribution in [1.29, 1.82) is 0 Å². The Morgan fingerprint density at radius 1 is 1.43 bits per heavy atom. The molecule has 10 heteroatoms. The van der Waals surface area contributed by atoms with Crippen LogP contribution in [-0.2, 0) is 22.3 Å². The van der Waals surface area contributed by atoms with Crippen molar-refractivity contribution in [3.63, 3.8) is 0 Å². The molecular weight excluding hydrogens is 417 g/mol. The molecule has 1 atom stereocenters. The molecule has 1 aliphatic rings. The van der Waals surface area contributed by atoms with Crippen molar-refractivity contribution in [3.8, 4) is 0 Å². The fourth-order valence-corrected chi connectivity index (χ4v) is 4.70. The number of halogens is 3. The van der Waals surface area contributed by atoms with E-state index in [4.69, 9.17) is 0 Å². The van der Waals surface area contributed by atoms with Gasteiger partial charge in [-0.1, -0.05) is 0 Å². The third-order valence-electron chi connectivity index (χ3n) is 5.34. The predicted octanol–water partition coefficient (Wildman–Crippen LogP) is 3.79. The number of anilines is 2. The van der Waals surface area contributed by atoms with Gasteiger partial charge in [-0.3, -0.25) is 19.5 Å². The maximum absolute atomic E-state index is 13.1. The summed E-state index contributed by atoms with van der Waals surface area (Å²) in [6, 6.07) is 2.01. The molecule has 0 aliphatic carbocycles. The molecule has 1 N–H and O–H groups in total. The van der Waals surface area contributed by atoms with Crippen LogP contribution in [0.2, 0.25) is 0 Å². The predicted molar refractivity (Wildman–Crippen MR) is 110 cm³/mol. The van der Waals surface area contributed by atoms with E-state index in [1.54, 1.807) is 17.3 Å². The first kappa shape index (κ1) is 22.2. The van der Waals surface area contributed by atoms with Gasteiger partial charge in [0.15, 0.2) is 6.29 Å². The minimum atomic E-state index is -4.47. The number of Topliss-reactive ketones (excluding diaryl/α,β-unsaturated/α-hetero) is 1. The third kappa shape index (κ3) is 4.20. The Kier molecular flexibility index (Phi) is 6.19. The first-order valence-electron chi connectivity index (χ1n) is 9.42. The Bertz CT molecular complexity index is 929. The molecule has 1 saturated heterocycles. The number of alkyl halides is 3. The number of carbonyl (C=O) groups excluding carboxylic acids is 2. The van der Waals surface area contributed by atoms with Gasteiger partial charge >= 0.3 is 6.18 Å². The van der Waals surface area contributed by atoms with Gasteiger partial charge in [0, 0.05) is 30.2 Å². The average Bonchev–Trinajstić information content (AvgIpc) is 3.26. The van der Waals surface area contributed by atoms with Gasteiger partial charge in [-0.2, -0.15) is 13.2 Å². The van der Waals surface area contributed by atoms with Crippen molar-refractivity contribution in [3.05, 3.63) is 41.0 Å². The number of hydrogen-bond donors (Lipinski definition) is 1. The molecule has 162 valence electrons. The summed E-state index contributed by atoms with van der Waals surface area (Å²) in [6.45, 7) is 6.97. The van der Waals surface area contributed by atoms with Crippen LogP contribution in [0.3, 0.4) is 0 Å². The highest BCUT2D eigenvalue weighted by Crippen LogP contribution is 2.42. The van der Waals surface area contributed by atoms with E-state index in [-0.39, 0.29) is 13.0 Å². The zero-order valence-electron chi connectivity index (χ0n) is 16.9. The maximum atomic E-state index is 13.1. The van der Waals surface area contributed by atoms with Crippen molar-refractivity contribution in [1.82, 2.24) is 9.88 Å². The van der Waals surface area contributed by atoms with E-state index in [1.807, 2.05) is 31.7 Å². The van der Waals surface area contributed by atoms with Gasteiger partial charge in [0.1, 0.15) is 6.04 Å². The van der Waals surface area contributed by atoms with E-state index in [0.717, 1.165) is 34.0 Å².